The Morgan fingerprint density at radius 3 is 1.22 bits per heavy atom. The Kier molecular flexibility index (Phi) is 7.67. The molecule has 4 aliphatic carbocycles. The first kappa shape index (κ1) is 32.6. The first-order valence-corrected chi connectivity index (χ1v) is 17.4. The quantitative estimate of drug-likeness (QED) is 0.167. The standard InChI is InChI=1S/C46H30N2O6/c1-47-33-22-11-3-7-18-29(33)39(43(47)49)37(40-30-19-8-4-12-23-34(30)48(2)44(40)50)27-16-15-17-28(26-27)38(41-31-20-9-5-13-24-35(31)53-45(41)51)42-32-21-10-6-14-25-36(32)54-46(42)52/h3-26H,1-2H3/q+2. The van der Waals surface area contributed by atoms with Crippen molar-refractivity contribution < 1.29 is 8.83 Å². The maximum absolute atomic E-state index is 14.4. The molecule has 0 radical (unpaired) electrons. The highest BCUT2D eigenvalue weighted by atomic mass is 16.4. The molecule has 1 aromatic rings. The second-order valence-corrected chi connectivity index (χ2v) is 13.1. The second-order valence-electron chi connectivity index (χ2n) is 13.1. The van der Waals surface area contributed by atoms with Gasteiger partial charge in [0.2, 0.25) is 0 Å². The Hall–Kier alpha value is -7.32. The molecule has 0 amide bonds. The predicted octanol–water partition coefficient (Wildman–Crippen LogP) is 7.45. The third-order valence-corrected chi connectivity index (χ3v) is 10.1. The molecule has 8 aliphatic rings. The minimum absolute atomic E-state index is 0.189. The Bertz CT molecular complexity index is 2800. The molecule has 4 heterocycles. The smallest absolute Gasteiger partial charge is 0.390 e. The molecule has 0 spiro atoms. The summed E-state index contributed by atoms with van der Waals surface area (Å²) in [6, 6.07) is 43.8. The van der Waals surface area contributed by atoms with Gasteiger partial charge < -0.3 is 8.83 Å². The van der Waals surface area contributed by atoms with Crippen LogP contribution in [-0.4, -0.2) is 9.13 Å². The average Bonchev–Trinajstić information content (AvgIpc) is 3.49. The van der Waals surface area contributed by atoms with Crippen molar-refractivity contribution in [3.63, 3.8) is 0 Å². The van der Waals surface area contributed by atoms with Crippen molar-refractivity contribution in [2.45, 2.75) is 0 Å². The Morgan fingerprint density at radius 1 is 0.407 bits per heavy atom. The summed E-state index contributed by atoms with van der Waals surface area (Å²) in [6.45, 7) is 0. The molecule has 1 aromatic carbocycles. The number of furan rings is 2. The third kappa shape index (κ3) is 4.99. The van der Waals surface area contributed by atoms with E-state index in [1.807, 2.05) is 84.9 Å². The van der Waals surface area contributed by atoms with Gasteiger partial charge in [-0.15, -0.1) is 0 Å². The molecular formula is C46H30N2O6+2. The van der Waals surface area contributed by atoms with E-state index in [9.17, 15) is 19.2 Å². The predicted molar refractivity (Wildman–Crippen MR) is 207 cm³/mol. The zero-order valence-corrected chi connectivity index (χ0v) is 29.2. The molecule has 8 nitrogen and oxygen atoms in total. The van der Waals surface area contributed by atoms with Gasteiger partial charge in [0.1, 0.15) is 11.1 Å². The van der Waals surface area contributed by atoms with E-state index in [1.165, 1.54) is 0 Å². The zero-order chi connectivity index (χ0) is 37.1. The van der Waals surface area contributed by atoms with Crippen molar-refractivity contribution >= 4 is 0 Å². The summed E-state index contributed by atoms with van der Waals surface area (Å²) in [6.07, 6.45) is 0. The van der Waals surface area contributed by atoms with Gasteiger partial charge >= 0.3 is 22.4 Å². The van der Waals surface area contributed by atoms with E-state index in [0.717, 1.165) is 0 Å². The highest BCUT2D eigenvalue weighted by molar-refractivity contribution is 5.82. The number of fused-ring (bicyclic) bond motifs is 4. The van der Waals surface area contributed by atoms with E-state index in [-0.39, 0.29) is 22.2 Å². The number of aromatic nitrogens is 2. The molecule has 4 aliphatic heterocycles. The SMILES string of the molecule is Cn1c2cccccc-2c([C+](c2cccc([C+](c3c4cccccc-4oc3=O)c3c4cccccc-4oc3=O)c2)c2c3cccccc-3n(C)c2=O)c1=O. The Labute approximate surface area is 308 Å². The summed E-state index contributed by atoms with van der Waals surface area (Å²) in [4.78, 5) is 56.8. The van der Waals surface area contributed by atoms with Crippen LogP contribution in [0.5, 0.6) is 0 Å². The normalized spacial score (nSPS) is 11.4. The molecule has 54 heavy (non-hydrogen) atoms. The summed E-state index contributed by atoms with van der Waals surface area (Å²) < 4.78 is 14.8. The van der Waals surface area contributed by atoms with Gasteiger partial charge in [-0.25, -0.2) is 19.2 Å². The monoisotopic (exact) mass is 706 g/mol. The minimum atomic E-state index is -0.623. The summed E-state index contributed by atoms with van der Waals surface area (Å²) in [5, 5.41) is 0. The summed E-state index contributed by atoms with van der Waals surface area (Å²) >= 11 is 0. The fourth-order valence-corrected chi connectivity index (χ4v) is 7.66. The van der Waals surface area contributed by atoms with E-state index >= 15 is 0 Å². The highest BCUT2D eigenvalue weighted by Crippen LogP contribution is 2.44. The Balaban J connectivity index is 1.37. The molecule has 8 heteroatoms. The lowest BCUT2D eigenvalue weighted by Gasteiger charge is -2.15. The molecular weight excluding hydrogens is 677 g/mol. The van der Waals surface area contributed by atoms with Crippen molar-refractivity contribution in [3.05, 3.63) is 232 Å². The van der Waals surface area contributed by atoms with E-state index in [2.05, 4.69) is 0 Å². The molecule has 0 aromatic heterocycles. The molecule has 9 rings (SSSR count). The molecule has 0 bridgehead atoms. The van der Waals surface area contributed by atoms with Crippen LogP contribution in [0.2, 0.25) is 0 Å². The van der Waals surface area contributed by atoms with E-state index in [0.29, 0.717) is 79.3 Å². The summed E-state index contributed by atoms with van der Waals surface area (Å²) in [5.74, 6) is 1.44. The average molecular weight is 707 g/mol. The highest BCUT2D eigenvalue weighted by Gasteiger charge is 2.43. The number of nitrogens with zero attached hydrogens (tertiary/aromatic N) is 2. The second kappa shape index (κ2) is 12.7. The van der Waals surface area contributed by atoms with Crippen LogP contribution in [0.3, 0.4) is 0 Å². The minimum Gasteiger partial charge on any atom is -0.390 e. The van der Waals surface area contributed by atoms with Crippen LogP contribution in [0.25, 0.3) is 45.2 Å². The fraction of sp³-hybridized carbons (Fsp3) is 0.0435. The molecule has 258 valence electrons. The largest absolute Gasteiger partial charge is 0.394 e. The molecule has 0 saturated carbocycles. The lowest BCUT2D eigenvalue weighted by atomic mass is 9.79. The summed E-state index contributed by atoms with van der Waals surface area (Å²) in [5.41, 5.74) is 4.06. The van der Waals surface area contributed by atoms with Gasteiger partial charge in [0.05, 0.1) is 56.6 Å². The van der Waals surface area contributed by atoms with Gasteiger partial charge in [0.25, 0.3) is 0 Å². The van der Waals surface area contributed by atoms with Crippen molar-refractivity contribution in [3.8, 4) is 45.2 Å². The third-order valence-electron chi connectivity index (χ3n) is 10.1. The zero-order valence-electron chi connectivity index (χ0n) is 29.2. The van der Waals surface area contributed by atoms with Gasteiger partial charge in [-0.05, 0) is 66.7 Å². The molecule has 0 unspecified atom stereocenters. The number of benzene rings is 1. The van der Waals surface area contributed by atoms with Gasteiger partial charge in [-0.1, -0.05) is 72.8 Å². The van der Waals surface area contributed by atoms with Crippen LogP contribution in [0.4, 0.5) is 0 Å². The van der Waals surface area contributed by atoms with Gasteiger partial charge in [-0.2, -0.15) is 0 Å². The molecule has 0 N–H and O–H groups in total. The van der Waals surface area contributed by atoms with Crippen molar-refractivity contribution in [2.75, 3.05) is 0 Å². The first-order chi connectivity index (χ1) is 26.3. The molecule has 0 fully saturated rings. The van der Waals surface area contributed by atoms with Crippen molar-refractivity contribution in [1.82, 2.24) is 9.13 Å². The summed E-state index contributed by atoms with van der Waals surface area (Å²) in [7, 11) is 3.43. The van der Waals surface area contributed by atoms with E-state index in [1.54, 1.807) is 83.9 Å². The maximum Gasteiger partial charge on any atom is 0.394 e. The van der Waals surface area contributed by atoms with Crippen LogP contribution in [0.1, 0.15) is 33.4 Å². The van der Waals surface area contributed by atoms with Crippen LogP contribution >= 0.6 is 0 Å². The van der Waals surface area contributed by atoms with E-state index < -0.39 is 11.3 Å². The number of hydrogen-bond acceptors (Lipinski definition) is 6. The Morgan fingerprint density at radius 2 is 0.778 bits per heavy atom. The van der Waals surface area contributed by atoms with Crippen LogP contribution in [0, 0.1) is 11.8 Å². The van der Waals surface area contributed by atoms with Crippen molar-refractivity contribution in [2.24, 2.45) is 14.1 Å². The van der Waals surface area contributed by atoms with Crippen LogP contribution in [0.15, 0.2) is 174 Å². The number of hydrogen-bond donors (Lipinski definition) is 0. The lowest BCUT2D eigenvalue weighted by Crippen LogP contribution is -2.24. The topological polar surface area (TPSA) is 104 Å². The molecule has 0 atom stereocenters. The molecule has 0 saturated heterocycles. The van der Waals surface area contributed by atoms with Gasteiger partial charge in [0.15, 0.2) is 22.6 Å². The first-order valence-electron chi connectivity index (χ1n) is 17.4. The van der Waals surface area contributed by atoms with Gasteiger partial charge in [-0.3, -0.25) is 9.13 Å². The number of rotatable bonds is 6. The lowest BCUT2D eigenvalue weighted by molar-refractivity contribution is 0.539. The van der Waals surface area contributed by atoms with Crippen LogP contribution < -0.4 is 22.4 Å². The van der Waals surface area contributed by atoms with E-state index in [4.69, 9.17) is 8.83 Å². The fourth-order valence-electron chi connectivity index (χ4n) is 7.66. The van der Waals surface area contributed by atoms with Crippen molar-refractivity contribution in [1.29, 1.82) is 0 Å². The maximum atomic E-state index is 14.4. The van der Waals surface area contributed by atoms with Crippen LogP contribution in [-0.2, 0) is 14.1 Å². The van der Waals surface area contributed by atoms with Gasteiger partial charge in [0, 0.05) is 20.2 Å².